The van der Waals surface area contributed by atoms with Crippen LogP contribution in [0.4, 0.5) is 0 Å². The SMILES string of the molecule is COc1ccc(/C(=C/C(=O)N2CCN(C(=O)c3cc(OC)c(OC)c(OC)c3)CC2)c2cccc(Cl)c2)cc1. The Morgan fingerprint density at radius 2 is 1.33 bits per heavy atom. The minimum absolute atomic E-state index is 0.138. The third-order valence-electron chi connectivity index (χ3n) is 6.59. The Morgan fingerprint density at radius 3 is 1.87 bits per heavy atom. The molecule has 1 aliphatic rings. The van der Waals surface area contributed by atoms with Crippen molar-refractivity contribution in [3.05, 3.63) is 88.5 Å². The summed E-state index contributed by atoms with van der Waals surface area (Å²) in [6.45, 7) is 1.59. The van der Waals surface area contributed by atoms with Crippen LogP contribution in [0.3, 0.4) is 0 Å². The molecule has 8 nitrogen and oxygen atoms in total. The number of carbonyl (C=O) groups excluding carboxylic acids is 2. The van der Waals surface area contributed by atoms with Gasteiger partial charge in [0.05, 0.1) is 28.4 Å². The fraction of sp³-hybridized carbons (Fsp3) is 0.267. The van der Waals surface area contributed by atoms with Crippen molar-refractivity contribution < 1.29 is 28.5 Å². The average molecular weight is 551 g/mol. The molecule has 0 radical (unpaired) electrons. The largest absolute Gasteiger partial charge is 0.497 e. The molecule has 0 atom stereocenters. The van der Waals surface area contributed by atoms with Gasteiger partial charge in [0.15, 0.2) is 11.5 Å². The van der Waals surface area contributed by atoms with Gasteiger partial charge < -0.3 is 28.7 Å². The molecule has 2 amide bonds. The maximum atomic E-state index is 13.4. The predicted molar refractivity (Wildman–Crippen MR) is 150 cm³/mol. The highest BCUT2D eigenvalue weighted by Crippen LogP contribution is 2.38. The van der Waals surface area contributed by atoms with Crippen LogP contribution >= 0.6 is 11.6 Å². The van der Waals surface area contributed by atoms with Crippen LogP contribution in [0.2, 0.25) is 5.02 Å². The van der Waals surface area contributed by atoms with E-state index in [1.807, 2.05) is 42.5 Å². The number of ether oxygens (including phenoxy) is 4. The highest BCUT2D eigenvalue weighted by molar-refractivity contribution is 6.30. The first-order valence-electron chi connectivity index (χ1n) is 12.4. The molecule has 1 aliphatic heterocycles. The number of hydrogen-bond acceptors (Lipinski definition) is 6. The van der Waals surface area contributed by atoms with Gasteiger partial charge in [-0.05, 0) is 53.1 Å². The topological polar surface area (TPSA) is 77.5 Å². The zero-order valence-electron chi connectivity index (χ0n) is 22.4. The number of carbonyl (C=O) groups is 2. The molecular formula is C30H31ClN2O6. The maximum Gasteiger partial charge on any atom is 0.254 e. The highest BCUT2D eigenvalue weighted by Gasteiger charge is 2.26. The van der Waals surface area contributed by atoms with E-state index >= 15 is 0 Å². The van der Waals surface area contributed by atoms with Gasteiger partial charge in [-0.25, -0.2) is 0 Å². The quantitative estimate of drug-likeness (QED) is 0.375. The number of benzene rings is 3. The third-order valence-corrected chi connectivity index (χ3v) is 6.83. The first kappa shape index (κ1) is 27.9. The van der Waals surface area contributed by atoms with E-state index in [-0.39, 0.29) is 11.8 Å². The van der Waals surface area contributed by atoms with Gasteiger partial charge in [0.25, 0.3) is 5.91 Å². The van der Waals surface area contributed by atoms with Crippen LogP contribution in [0.1, 0.15) is 21.5 Å². The lowest BCUT2D eigenvalue weighted by Gasteiger charge is -2.34. The van der Waals surface area contributed by atoms with Gasteiger partial charge in [0.2, 0.25) is 11.7 Å². The van der Waals surface area contributed by atoms with Crippen molar-refractivity contribution in [3.63, 3.8) is 0 Å². The molecule has 0 saturated carbocycles. The maximum absolute atomic E-state index is 13.4. The van der Waals surface area contributed by atoms with Crippen LogP contribution in [0, 0.1) is 0 Å². The fourth-order valence-corrected chi connectivity index (χ4v) is 4.68. The molecule has 0 aromatic heterocycles. The van der Waals surface area contributed by atoms with E-state index in [1.165, 1.54) is 21.3 Å². The molecule has 0 unspecified atom stereocenters. The van der Waals surface area contributed by atoms with Crippen molar-refractivity contribution in [1.29, 1.82) is 0 Å². The van der Waals surface area contributed by atoms with Crippen LogP contribution in [0.25, 0.3) is 5.57 Å². The van der Waals surface area contributed by atoms with E-state index in [2.05, 4.69) is 0 Å². The molecule has 3 aromatic carbocycles. The third kappa shape index (κ3) is 6.29. The number of hydrogen-bond donors (Lipinski definition) is 0. The van der Waals surface area contributed by atoms with Crippen molar-refractivity contribution in [1.82, 2.24) is 9.80 Å². The van der Waals surface area contributed by atoms with E-state index in [0.29, 0.717) is 54.0 Å². The molecule has 4 rings (SSSR count). The monoisotopic (exact) mass is 550 g/mol. The first-order valence-corrected chi connectivity index (χ1v) is 12.8. The Morgan fingerprint density at radius 1 is 0.718 bits per heavy atom. The van der Waals surface area contributed by atoms with Crippen molar-refractivity contribution in [2.75, 3.05) is 54.6 Å². The molecule has 1 saturated heterocycles. The van der Waals surface area contributed by atoms with Gasteiger partial charge in [-0.1, -0.05) is 35.9 Å². The highest BCUT2D eigenvalue weighted by atomic mass is 35.5. The predicted octanol–water partition coefficient (Wildman–Crippen LogP) is 4.79. The second-order valence-corrected chi connectivity index (χ2v) is 9.26. The summed E-state index contributed by atoms with van der Waals surface area (Å²) in [7, 11) is 6.14. The molecule has 1 fully saturated rings. The van der Waals surface area contributed by atoms with Gasteiger partial charge >= 0.3 is 0 Å². The fourth-order valence-electron chi connectivity index (χ4n) is 4.49. The summed E-state index contributed by atoms with van der Waals surface area (Å²) in [6.07, 6.45) is 1.63. The van der Waals surface area contributed by atoms with E-state index in [0.717, 1.165) is 22.4 Å². The molecule has 39 heavy (non-hydrogen) atoms. The number of methoxy groups -OCH3 is 4. The van der Waals surface area contributed by atoms with Gasteiger partial charge in [0.1, 0.15) is 5.75 Å². The summed E-state index contributed by atoms with van der Waals surface area (Å²) in [5.41, 5.74) is 2.87. The number of amides is 2. The van der Waals surface area contributed by atoms with E-state index in [9.17, 15) is 9.59 Å². The summed E-state index contributed by atoms with van der Waals surface area (Å²) in [5, 5.41) is 0.582. The van der Waals surface area contributed by atoms with Crippen molar-refractivity contribution in [3.8, 4) is 23.0 Å². The summed E-state index contributed by atoms with van der Waals surface area (Å²) >= 11 is 6.26. The molecule has 0 N–H and O–H groups in total. The molecule has 1 heterocycles. The minimum Gasteiger partial charge on any atom is -0.497 e. The number of rotatable bonds is 8. The molecular weight excluding hydrogens is 520 g/mol. The minimum atomic E-state index is -0.172. The van der Waals surface area contributed by atoms with Crippen molar-refractivity contribution >= 4 is 29.0 Å². The van der Waals surface area contributed by atoms with Crippen LogP contribution in [0.15, 0.2) is 66.7 Å². The number of halogens is 1. The van der Waals surface area contributed by atoms with Crippen LogP contribution in [-0.2, 0) is 4.79 Å². The van der Waals surface area contributed by atoms with Crippen LogP contribution in [-0.4, -0.2) is 76.2 Å². The number of nitrogens with zero attached hydrogens (tertiary/aromatic N) is 2. The molecule has 204 valence electrons. The normalized spacial score (nSPS) is 13.6. The zero-order chi connectivity index (χ0) is 27.9. The lowest BCUT2D eigenvalue weighted by Crippen LogP contribution is -2.50. The summed E-state index contributed by atoms with van der Waals surface area (Å²) in [4.78, 5) is 30.1. The molecule has 9 heteroatoms. The lowest BCUT2D eigenvalue weighted by atomic mass is 9.97. The van der Waals surface area contributed by atoms with Crippen molar-refractivity contribution in [2.24, 2.45) is 0 Å². The lowest BCUT2D eigenvalue weighted by molar-refractivity contribution is -0.127. The summed E-state index contributed by atoms with van der Waals surface area (Å²) in [5.74, 6) is 1.66. The van der Waals surface area contributed by atoms with Crippen molar-refractivity contribution in [2.45, 2.75) is 0 Å². The van der Waals surface area contributed by atoms with E-state index < -0.39 is 0 Å². The van der Waals surface area contributed by atoms with Gasteiger partial charge in [-0.15, -0.1) is 0 Å². The smallest absolute Gasteiger partial charge is 0.254 e. The Kier molecular flexibility index (Phi) is 8.99. The van der Waals surface area contributed by atoms with E-state index in [4.69, 9.17) is 30.5 Å². The molecule has 0 spiro atoms. The summed E-state index contributed by atoms with van der Waals surface area (Å²) in [6, 6.07) is 18.2. The second-order valence-electron chi connectivity index (χ2n) is 8.83. The van der Waals surface area contributed by atoms with E-state index in [1.54, 1.807) is 41.2 Å². The Hall–Kier alpha value is -4.17. The standard InChI is InChI=1S/C30H31ClN2O6/c1-36-24-10-8-20(9-11-24)25(21-6-5-7-23(31)16-21)19-28(34)32-12-14-33(15-13-32)30(35)22-17-26(37-2)29(39-4)27(18-22)38-3/h5-11,16-19H,12-15H2,1-4H3/b25-19-. The Bertz CT molecular complexity index is 1340. The Balaban J connectivity index is 1.52. The average Bonchev–Trinajstić information content (AvgIpc) is 2.98. The van der Waals surface area contributed by atoms with Crippen LogP contribution < -0.4 is 18.9 Å². The van der Waals surface area contributed by atoms with Gasteiger partial charge in [-0.2, -0.15) is 0 Å². The first-order chi connectivity index (χ1) is 18.9. The number of piperazine rings is 1. The molecule has 3 aromatic rings. The molecule has 0 bridgehead atoms. The second kappa shape index (κ2) is 12.6. The van der Waals surface area contributed by atoms with Gasteiger partial charge in [-0.3, -0.25) is 9.59 Å². The zero-order valence-corrected chi connectivity index (χ0v) is 23.2. The van der Waals surface area contributed by atoms with Gasteiger partial charge in [0, 0.05) is 42.8 Å². The summed E-state index contributed by atoms with van der Waals surface area (Å²) < 4.78 is 21.4. The Labute approximate surface area is 233 Å². The van der Waals surface area contributed by atoms with Crippen LogP contribution in [0.5, 0.6) is 23.0 Å². The molecule has 0 aliphatic carbocycles.